The molecule has 0 saturated heterocycles. The maximum absolute atomic E-state index is 4.68. The Kier molecular flexibility index (Phi) is 7.25. The van der Waals surface area contributed by atoms with Gasteiger partial charge in [-0.05, 0) is 102 Å². The van der Waals surface area contributed by atoms with Gasteiger partial charge < -0.3 is 4.57 Å². The van der Waals surface area contributed by atoms with E-state index in [2.05, 4.69) is 198 Å². The zero-order valence-electron chi connectivity index (χ0n) is 28.6. The lowest BCUT2D eigenvalue weighted by molar-refractivity contribution is 1.11. The van der Waals surface area contributed by atoms with Crippen LogP contribution in [0.3, 0.4) is 0 Å². The van der Waals surface area contributed by atoms with E-state index in [0.29, 0.717) is 6.54 Å². The number of nitrogens with zero attached hydrogens (tertiary/aromatic N) is 2. The Balaban J connectivity index is 1.11. The van der Waals surface area contributed by atoms with Crippen molar-refractivity contribution in [1.82, 2.24) is 4.57 Å². The molecule has 1 aromatic heterocycles. The van der Waals surface area contributed by atoms with Gasteiger partial charge in [0.25, 0.3) is 0 Å². The number of para-hydroxylation sites is 1. The van der Waals surface area contributed by atoms with Crippen LogP contribution in [0.25, 0.3) is 88.7 Å². The molecule has 0 N–H and O–H groups in total. The van der Waals surface area contributed by atoms with Crippen molar-refractivity contribution < 1.29 is 0 Å². The number of aromatic nitrogens is 1. The van der Waals surface area contributed by atoms with Crippen molar-refractivity contribution in [2.45, 2.75) is 0 Å². The highest BCUT2D eigenvalue weighted by atomic mass is 15.0. The van der Waals surface area contributed by atoms with Crippen LogP contribution in [-0.4, -0.2) is 17.3 Å². The third-order valence-corrected chi connectivity index (χ3v) is 10.5. The molecule has 52 heavy (non-hydrogen) atoms. The molecule has 0 unspecified atom stereocenters. The molecular formula is C50H34N2. The molecule has 8 aromatic carbocycles. The van der Waals surface area contributed by atoms with Crippen molar-refractivity contribution in [2.24, 2.45) is 4.99 Å². The molecule has 10 rings (SSSR count). The van der Waals surface area contributed by atoms with Crippen LogP contribution in [0.1, 0.15) is 11.3 Å². The fourth-order valence-corrected chi connectivity index (χ4v) is 8.08. The summed E-state index contributed by atoms with van der Waals surface area (Å²) in [5, 5.41) is 6.27. The summed E-state index contributed by atoms with van der Waals surface area (Å²) in [4.78, 5) is 4.68. The second kappa shape index (κ2) is 12.5. The van der Waals surface area contributed by atoms with E-state index in [-0.39, 0.29) is 0 Å². The van der Waals surface area contributed by atoms with Gasteiger partial charge in [-0.25, -0.2) is 0 Å². The Morgan fingerprint density at radius 1 is 0.404 bits per heavy atom. The smallest absolute Gasteiger partial charge is 0.0574 e. The van der Waals surface area contributed by atoms with Gasteiger partial charge in [0.05, 0.1) is 17.8 Å². The first-order chi connectivity index (χ1) is 25.8. The molecule has 0 amide bonds. The van der Waals surface area contributed by atoms with Crippen molar-refractivity contribution in [1.29, 1.82) is 0 Å². The summed E-state index contributed by atoms with van der Waals surface area (Å²) in [7, 11) is 0. The van der Waals surface area contributed by atoms with E-state index in [0.717, 1.165) is 5.69 Å². The highest BCUT2D eigenvalue weighted by Crippen LogP contribution is 2.45. The Bertz CT molecular complexity index is 2820. The highest BCUT2D eigenvalue weighted by molar-refractivity contribution is 6.22. The third kappa shape index (κ3) is 5.00. The minimum Gasteiger partial charge on any atom is -0.309 e. The molecular weight excluding hydrogens is 629 g/mol. The molecule has 0 aliphatic carbocycles. The Labute approximate surface area is 303 Å². The fraction of sp³-hybridized carbons (Fsp3) is 0.0200. The number of hydrogen-bond donors (Lipinski definition) is 0. The SMILES string of the molecule is C1=Cc2c(c3cc(-c4ccc(-c5ccc6c(-c7ccccc7)c7ccccc7c(-c7ccccc7)c6c5)cc4)ccc3n2-c2ccccc2)C=NC1. The molecule has 0 fully saturated rings. The minimum atomic E-state index is 0.692. The first kappa shape index (κ1) is 30.1. The molecule has 0 bridgehead atoms. The van der Waals surface area contributed by atoms with Crippen LogP contribution in [0.4, 0.5) is 0 Å². The van der Waals surface area contributed by atoms with Gasteiger partial charge in [0.2, 0.25) is 0 Å². The van der Waals surface area contributed by atoms with Crippen LogP contribution in [0.5, 0.6) is 0 Å². The van der Waals surface area contributed by atoms with E-state index >= 15 is 0 Å². The van der Waals surface area contributed by atoms with Crippen molar-refractivity contribution in [3.05, 3.63) is 193 Å². The lowest BCUT2D eigenvalue weighted by Gasteiger charge is -2.18. The Morgan fingerprint density at radius 2 is 0.904 bits per heavy atom. The Morgan fingerprint density at radius 3 is 1.54 bits per heavy atom. The average Bonchev–Trinajstić information content (AvgIpc) is 3.33. The largest absolute Gasteiger partial charge is 0.309 e. The topological polar surface area (TPSA) is 17.3 Å². The normalized spacial score (nSPS) is 12.4. The summed E-state index contributed by atoms with van der Waals surface area (Å²) in [5.41, 5.74) is 14.5. The highest BCUT2D eigenvalue weighted by Gasteiger charge is 2.19. The summed E-state index contributed by atoms with van der Waals surface area (Å²) in [6, 6.07) is 64.0. The maximum atomic E-state index is 4.68. The quantitative estimate of drug-likeness (QED) is 0.163. The van der Waals surface area contributed by atoms with E-state index in [1.165, 1.54) is 88.2 Å². The molecule has 0 spiro atoms. The van der Waals surface area contributed by atoms with E-state index in [1.807, 2.05) is 6.21 Å². The summed E-state index contributed by atoms with van der Waals surface area (Å²) < 4.78 is 2.35. The van der Waals surface area contributed by atoms with Crippen LogP contribution in [0.15, 0.2) is 187 Å². The lowest BCUT2D eigenvalue weighted by Crippen LogP contribution is -1.97. The number of aliphatic imine (C=N–C) groups is 1. The van der Waals surface area contributed by atoms with Crippen molar-refractivity contribution in [3.63, 3.8) is 0 Å². The van der Waals surface area contributed by atoms with Crippen molar-refractivity contribution in [2.75, 3.05) is 6.54 Å². The van der Waals surface area contributed by atoms with Gasteiger partial charge in [-0.1, -0.05) is 152 Å². The summed E-state index contributed by atoms with van der Waals surface area (Å²) in [6.45, 7) is 0.692. The molecule has 0 saturated carbocycles. The van der Waals surface area contributed by atoms with Crippen LogP contribution in [-0.2, 0) is 0 Å². The molecule has 244 valence electrons. The van der Waals surface area contributed by atoms with E-state index in [4.69, 9.17) is 0 Å². The summed E-state index contributed by atoms with van der Waals surface area (Å²) in [5.74, 6) is 0. The number of benzene rings is 8. The molecule has 1 aliphatic rings. The standard InChI is InChI=1S/C50H34N2/c1-4-13-36(14-5-1)49-41-19-10-11-20-42(41)50(37-15-6-2-7-16-37)45-32-38(26-28-43(45)49)34-22-24-35(25-23-34)39-27-29-48-44(31-39)46-33-51-30-12-21-47(46)52(48)40-17-8-3-9-18-40/h1-29,31-33H,30H2. The van der Waals surface area contributed by atoms with Gasteiger partial charge in [-0.2, -0.15) is 0 Å². The van der Waals surface area contributed by atoms with Crippen LogP contribution in [0, 0.1) is 0 Å². The summed E-state index contributed by atoms with van der Waals surface area (Å²) >= 11 is 0. The zero-order valence-corrected chi connectivity index (χ0v) is 28.6. The van der Waals surface area contributed by atoms with Crippen LogP contribution >= 0.6 is 0 Å². The molecule has 2 heteroatoms. The maximum Gasteiger partial charge on any atom is 0.0574 e. The predicted molar refractivity (Wildman–Crippen MR) is 222 cm³/mol. The van der Waals surface area contributed by atoms with Crippen molar-refractivity contribution >= 4 is 44.7 Å². The van der Waals surface area contributed by atoms with Crippen LogP contribution in [0.2, 0.25) is 0 Å². The van der Waals surface area contributed by atoms with E-state index in [9.17, 15) is 0 Å². The van der Waals surface area contributed by atoms with Gasteiger partial charge in [0, 0.05) is 22.9 Å². The molecule has 0 atom stereocenters. The van der Waals surface area contributed by atoms with Gasteiger partial charge in [-0.3, -0.25) is 4.99 Å². The lowest BCUT2D eigenvalue weighted by atomic mass is 9.85. The monoisotopic (exact) mass is 662 g/mol. The average molecular weight is 663 g/mol. The Hall–Kier alpha value is -6.77. The fourth-order valence-electron chi connectivity index (χ4n) is 8.08. The number of fused-ring (bicyclic) bond motifs is 5. The molecule has 0 radical (unpaired) electrons. The van der Waals surface area contributed by atoms with Crippen molar-refractivity contribution in [3.8, 4) is 50.2 Å². The minimum absolute atomic E-state index is 0.692. The van der Waals surface area contributed by atoms with Gasteiger partial charge in [0.1, 0.15) is 0 Å². The number of rotatable bonds is 5. The van der Waals surface area contributed by atoms with E-state index in [1.54, 1.807) is 0 Å². The van der Waals surface area contributed by atoms with Gasteiger partial charge in [-0.15, -0.1) is 0 Å². The van der Waals surface area contributed by atoms with Gasteiger partial charge >= 0.3 is 0 Å². The molecule has 2 heterocycles. The second-order valence-electron chi connectivity index (χ2n) is 13.5. The molecule has 9 aromatic rings. The molecule has 2 nitrogen and oxygen atoms in total. The summed E-state index contributed by atoms with van der Waals surface area (Å²) in [6.07, 6.45) is 6.39. The molecule has 1 aliphatic heterocycles. The van der Waals surface area contributed by atoms with Gasteiger partial charge in [0.15, 0.2) is 0 Å². The third-order valence-electron chi connectivity index (χ3n) is 10.5. The predicted octanol–water partition coefficient (Wildman–Crippen LogP) is 13.1. The zero-order chi connectivity index (χ0) is 34.4. The van der Waals surface area contributed by atoms with E-state index < -0.39 is 0 Å². The first-order valence-corrected chi connectivity index (χ1v) is 17.9. The first-order valence-electron chi connectivity index (χ1n) is 17.9. The van der Waals surface area contributed by atoms with Crippen LogP contribution < -0.4 is 0 Å². The second-order valence-corrected chi connectivity index (χ2v) is 13.5. The number of hydrogen-bond acceptors (Lipinski definition) is 1.